The van der Waals surface area contributed by atoms with Crippen LogP contribution in [0.2, 0.25) is 0 Å². The third-order valence-corrected chi connectivity index (χ3v) is 3.24. The molecule has 0 aliphatic carbocycles. The van der Waals surface area contributed by atoms with Gasteiger partial charge in [-0.05, 0) is 36.1 Å². The average Bonchev–Trinajstić information content (AvgIpc) is 2.52. The minimum absolute atomic E-state index is 0.369. The standard InChI is InChI=1S/C14H21NO/c1-3-11-5-6-12-7-8-16-10-14(15-4-2)13(12)9-11/h5-6,9,14-15H,3-4,7-8,10H2,1-2H3. The van der Waals surface area contributed by atoms with E-state index in [-0.39, 0.29) is 0 Å². The summed E-state index contributed by atoms with van der Waals surface area (Å²) < 4.78 is 5.65. The fraction of sp³-hybridized carbons (Fsp3) is 0.571. The molecule has 0 amide bonds. The summed E-state index contributed by atoms with van der Waals surface area (Å²) in [6.07, 6.45) is 2.15. The fourth-order valence-corrected chi connectivity index (χ4v) is 2.30. The summed E-state index contributed by atoms with van der Waals surface area (Å²) in [7, 11) is 0. The predicted octanol–water partition coefficient (Wildman–Crippen LogP) is 2.47. The minimum Gasteiger partial charge on any atom is -0.379 e. The van der Waals surface area contributed by atoms with Gasteiger partial charge in [-0.15, -0.1) is 0 Å². The van der Waals surface area contributed by atoms with Crippen molar-refractivity contribution in [2.24, 2.45) is 0 Å². The zero-order chi connectivity index (χ0) is 11.4. The Morgan fingerprint density at radius 3 is 3.00 bits per heavy atom. The lowest BCUT2D eigenvalue weighted by atomic mass is 9.96. The number of likely N-dealkylation sites (N-methyl/N-ethyl adjacent to an activating group) is 1. The molecular formula is C14H21NO. The number of hydrogen-bond acceptors (Lipinski definition) is 2. The van der Waals surface area contributed by atoms with Gasteiger partial charge in [-0.2, -0.15) is 0 Å². The van der Waals surface area contributed by atoms with Crippen molar-refractivity contribution in [1.29, 1.82) is 0 Å². The molecule has 1 heterocycles. The lowest BCUT2D eigenvalue weighted by Crippen LogP contribution is -2.25. The molecule has 0 saturated heterocycles. The number of benzene rings is 1. The first-order valence-electron chi connectivity index (χ1n) is 6.28. The molecule has 1 N–H and O–H groups in total. The molecule has 16 heavy (non-hydrogen) atoms. The third kappa shape index (κ3) is 2.45. The average molecular weight is 219 g/mol. The first kappa shape index (κ1) is 11.6. The molecule has 1 aliphatic heterocycles. The Hall–Kier alpha value is -0.860. The largest absolute Gasteiger partial charge is 0.379 e. The van der Waals surface area contributed by atoms with Gasteiger partial charge in [0.25, 0.3) is 0 Å². The predicted molar refractivity (Wildman–Crippen MR) is 66.8 cm³/mol. The van der Waals surface area contributed by atoms with E-state index in [1.54, 1.807) is 0 Å². The Balaban J connectivity index is 2.33. The first-order chi connectivity index (χ1) is 7.85. The van der Waals surface area contributed by atoms with Crippen molar-refractivity contribution in [2.75, 3.05) is 19.8 Å². The Bertz CT molecular complexity index is 349. The highest BCUT2D eigenvalue weighted by molar-refractivity contribution is 5.35. The summed E-state index contributed by atoms with van der Waals surface area (Å²) in [6.45, 7) is 6.99. The molecule has 0 aromatic heterocycles. The molecule has 2 heteroatoms. The molecule has 0 spiro atoms. The maximum absolute atomic E-state index is 5.65. The number of nitrogens with one attached hydrogen (secondary N) is 1. The summed E-state index contributed by atoms with van der Waals surface area (Å²) in [5.74, 6) is 0. The zero-order valence-corrected chi connectivity index (χ0v) is 10.3. The van der Waals surface area contributed by atoms with Gasteiger partial charge in [0.15, 0.2) is 0 Å². The van der Waals surface area contributed by atoms with Gasteiger partial charge in [0.05, 0.1) is 19.3 Å². The maximum Gasteiger partial charge on any atom is 0.0661 e. The van der Waals surface area contributed by atoms with Crippen LogP contribution in [0, 0.1) is 0 Å². The van der Waals surface area contributed by atoms with Crippen LogP contribution in [0.4, 0.5) is 0 Å². The van der Waals surface area contributed by atoms with Crippen molar-refractivity contribution in [3.63, 3.8) is 0 Å². The smallest absolute Gasteiger partial charge is 0.0661 e. The number of rotatable bonds is 3. The Labute approximate surface area is 98.0 Å². The van der Waals surface area contributed by atoms with Gasteiger partial charge in [-0.1, -0.05) is 32.0 Å². The quantitative estimate of drug-likeness (QED) is 0.843. The van der Waals surface area contributed by atoms with Gasteiger partial charge in [0.1, 0.15) is 0 Å². The van der Waals surface area contributed by atoms with Crippen LogP contribution < -0.4 is 5.32 Å². The fourth-order valence-electron chi connectivity index (χ4n) is 2.30. The highest BCUT2D eigenvalue weighted by atomic mass is 16.5. The van der Waals surface area contributed by atoms with Crippen molar-refractivity contribution in [3.05, 3.63) is 34.9 Å². The van der Waals surface area contributed by atoms with E-state index in [0.29, 0.717) is 6.04 Å². The van der Waals surface area contributed by atoms with Crippen LogP contribution in [0.1, 0.15) is 36.6 Å². The van der Waals surface area contributed by atoms with E-state index in [4.69, 9.17) is 4.74 Å². The molecule has 0 radical (unpaired) electrons. The number of aryl methyl sites for hydroxylation is 1. The van der Waals surface area contributed by atoms with E-state index in [1.807, 2.05) is 0 Å². The van der Waals surface area contributed by atoms with Gasteiger partial charge in [0, 0.05) is 0 Å². The van der Waals surface area contributed by atoms with Gasteiger partial charge in [0.2, 0.25) is 0 Å². The van der Waals surface area contributed by atoms with Crippen molar-refractivity contribution >= 4 is 0 Å². The molecule has 0 fully saturated rings. The van der Waals surface area contributed by atoms with Crippen molar-refractivity contribution in [1.82, 2.24) is 5.32 Å². The van der Waals surface area contributed by atoms with E-state index >= 15 is 0 Å². The van der Waals surface area contributed by atoms with E-state index < -0.39 is 0 Å². The van der Waals surface area contributed by atoms with E-state index in [2.05, 4.69) is 37.4 Å². The number of ether oxygens (including phenoxy) is 1. The van der Waals surface area contributed by atoms with Crippen LogP contribution in [0.3, 0.4) is 0 Å². The molecular weight excluding hydrogens is 198 g/mol. The van der Waals surface area contributed by atoms with Crippen LogP contribution in [-0.2, 0) is 17.6 Å². The van der Waals surface area contributed by atoms with E-state index in [9.17, 15) is 0 Å². The zero-order valence-electron chi connectivity index (χ0n) is 10.3. The maximum atomic E-state index is 5.65. The van der Waals surface area contributed by atoms with E-state index in [0.717, 1.165) is 32.6 Å². The van der Waals surface area contributed by atoms with Crippen LogP contribution in [-0.4, -0.2) is 19.8 Å². The molecule has 2 nitrogen and oxygen atoms in total. The lowest BCUT2D eigenvalue weighted by molar-refractivity contribution is 0.122. The molecule has 1 aromatic carbocycles. The Morgan fingerprint density at radius 2 is 2.25 bits per heavy atom. The summed E-state index contributed by atoms with van der Waals surface area (Å²) in [5.41, 5.74) is 4.31. The van der Waals surface area contributed by atoms with Crippen molar-refractivity contribution in [3.8, 4) is 0 Å². The summed E-state index contributed by atoms with van der Waals surface area (Å²) in [5, 5.41) is 3.51. The third-order valence-electron chi connectivity index (χ3n) is 3.24. The van der Waals surface area contributed by atoms with Gasteiger partial charge in [-0.25, -0.2) is 0 Å². The molecule has 0 saturated carbocycles. The second-order valence-corrected chi connectivity index (χ2v) is 4.32. The molecule has 1 atom stereocenters. The second-order valence-electron chi connectivity index (χ2n) is 4.32. The summed E-state index contributed by atoms with van der Waals surface area (Å²) >= 11 is 0. The van der Waals surface area contributed by atoms with Crippen LogP contribution >= 0.6 is 0 Å². The molecule has 88 valence electrons. The SMILES string of the molecule is CCNC1COCCc2ccc(CC)cc21. The van der Waals surface area contributed by atoms with E-state index in [1.165, 1.54) is 16.7 Å². The molecule has 1 aliphatic rings. The van der Waals surface area contributed by atoms with Crippen LogP contribution in [0.5, 0.6) is 0 Å². The second kappa shape index (κ2) is 5.46. The number of hydrogen-bond donors (Lipinski definition) is 1. The minimum atomic E-state index is 0.369. The van der Waals surface area contributed by atoms with Crippen LogP contribution in [0.15, 0.2) is 18.2 Å². The van der Waals surface area contributed by atoms with Crippen LogP contribution in [0.25, 0.3) is 0 Å². The molecule has 0 bridgehead atoms. The van der Waals surface area contributed by atoms with Gasteiger partial charge in [-0.3, -0.25) is 0 Å². The summed E-state index contributed by atoms with van der Waals surface area (Å²) in [4.78, 5) is 0. The van der Waals surface area contributed by atoms with Crippen molar-refractivity contribution < 1.29 is 4.74 Å². The lowest BCUT2D eigenvalue weighted by Gasteiger charge is -2.18. The Kier molecular flexibility index (Phi) is 3.97. The first-order valence-corrected chi connectivity index (χ1v) is 6.28. The topological polar surface area (TPSA) is 21.3 Å². The highest BCUT2D eigenvalue weighted by Crippen LogP contribution is 2.24. The molecule has 1 aromatic rings. The highest BCUT2D eigenvalue weighted by Gasteiger charge is 2.18. The molecule has 1 unspecified atom stereocenters. The number of fused-ring (bicyclic) bond motifs is 1. The van der Waals surface area contributed by atoms with Crippen molar-refractivity contribution in [2.45, 2.75) is 32.7 Å². The van der Waals surface area contributed by atoms with Gasteiger partial charge >= 0.3 is 0 Å². The monoisotopic (exact) mass is 219 g/mol. The Morgan fingerprint density at radius 1 is 1.38 bits per heavy atom. The normalized spacial score (nSPS) is 20.2. The molecule has 2 rings (SSSR count). The summed E-state index contributed by atoms with van der Waals surface area (Å²) in [6, 6.07) is 7.23. The van der Waals surface area contributed by atoms with Gasteiger partial charge < -0.3 is 10.1 Å².